The molecule has 0 spiro atoms. The van der Waals surface area contributed by atoms with E-state index >= 15 is 0 Å². The first-order valence-corrected chi connectivity index (χ1v) is 6.86. The number of rotatable bonds is 4. The molecular formula is C15H20F2N2O. The van der Waals surface area contributed by atoms with Crippen LogP contribution in [0.4, 0.5) is 8.78 Å². The van der Waals surface area contributed by atoms with Crippen molar-refractivity contribution in [1.82, 2.24) is 4.90 Å². The first-order valence-electron chi connectivity index (χ1n) is 6.86. The Balaban J connectivity index is 1.95. The Morgan fingerprint density at radius 1 is 1.30 bits per heavy atom. The number of carbonyl (C=O) groups excluding carboxylic acids is 1. The lowest BCUT2D eigenvalue weighted by Gasteiger charge is -2.26. The fourth-order valence-corrected chi connectivity index (χ4v) is 2.69. The van der Waals surface area contributed by atoms with E-state index in [0.29, 0.717) is 12.0 Å². The molecule has 5 heteroatoms. The fourth-order valence-electron chi connectivity index (χ4n) is 2.69. The van der Waals surface area contributed by atoms with Crippen molar-refractivity contribution in [1.29, 1.82) is 0 Å². The van der Waals surface area contributed by atoms with Gasteiger partial charge in [0, 0.05) is 25.6 Å². The number of nitrogens with two attached hydrogens (primary N) is 1. The molecule has 1 amide bonds. The van der Waals surface area contributed by atoms with Crippen LogP contribution in [0, 0.1) is 11.6 Å². The van der Waals surface area contributed by atoms with Crippen molar-refractivity contribution < 1.29 is 13.6 Å². The molecule has 1 aliphatic rings. The Labute approximate surface area is 117 Å². The number of benzene rings is 1. The minimum absolute atomic E-state index is 0.0564. The minimum atomic E-state index is -0.894. The molecule has 0 saturated heterocycles. The van der Waals surface area contributed by atoms with Crippen molar-refractivity contribution in [2.75, 3.05) is 7.05 Å². The zero-order chi connectivity index (χ0) is 14.8. The summed E-state index contributed by atoms with van der Waals surface area (Å²) in [7, 11) is 1.65. The molecule has 110 valence electrons. The van der Waals surface area contributed by atoms with E-state index in [1.54, 1.807) is 7.05 Å². The topological polar surface area (TPSA) is 46.3 Å². The molecule has 0 bridgehead atoms. The number of hydrogen-bond acceptors (Lipinski definition) is 2. The summed E-state index contributed by atoms with van der Waals surface area (Å²) in [5, 5.41) is 0. The molecule has 0 radical (unpaired) electrons. The van der Waals surface area contributed by atoms with Gasteiger partial charge in [0.25, 0.3) is 0 Å². The van der Waals surface area contributed by atoms with E-state index in [0.717, 1.165) is 37.8 Å². The Morgan fingerprint density at radius 3 is 2.55 bits per heavy atom. The summed E-state index contributed by atoms with van der Waals surface area (Å²) in [4.78, 5) is 13.7. The molecule has 0 unspecified atom stereocenters. The van der Waals surface area contributed by atoms with Crippen LogP contribution in [0.5, 0.6) is 0 Å². The standard InChI is InChI=1S/C15H20F2N2O/c1-19(10-11-4-5-12(16)13(17)8-11)14(20)9-15(18)6-2-3-7-15/h4-5,8H,2-3,6-7,9-10,18H2,1H3. The normalized spacial score (nSPS) is 17.2. The maximum Gasteiger partial charge on any atom is 0.224 e. The van der Waals surface area contributed by atoms with Gasteiger partial charge in [-0.05, 0) is 30.5 Å². The molecule has 1 aromatic carbocycles. The largest absolute Gasteiger partial charge is 0.341 e. The summed E-state index contributed by atoms with van der Waals surface area (Å²) >= 11 is 0. The van der Waals surface area contributed by atoms with Gasteiger partial charge in [0.1, 0.15) is 0 Å². The molecule has 1 fully saturated rings. The molecule has 3 nitrogen and oxygen atoms in total. The van der Waals surface area contributed by atoms with Crippen LogP contribution < -0.4 is 5.73 Å². The second-order valence-corrected chi connectivity index (χ2v) is 5.74. The summed E-state index contributed by atoms with van der Waals surface area (Å²) in [5.41, 5.74) is 6.36. The molecule has 0 atom stereocenters. The summed E-state index contributed by atoms with van der Waals surface area (Å²) in [6.07, 6.45) is 4.19. The first kappa shape index (κ1) is 14.9. The summed E-state index contributed by atoms with van der Waals surface area (Å²) in [6, 6.07) is 3.67. The third-order valence-corrected chi connectivity index (χ3v) is 3.93. The van der Waals surface area contributed by atoms with E-state index in [9.17, 15) is 13.6 Å². The van der Waals surface area contributed by atoms with Crippen LogP contribution in [-0.2, 0) is 11.3 Å². The predicted octanol–water partition coefficient (Wildman–Crippen LogP) is 2.58. The van der Waals surface area contributed by atoms with Crippen molar-refractivity contribution in [3.63, 3.8) is 0 Å². The van der Waals surface area contributed by atoms with E-state index < -0.39 is 11.6 Å². The predicted molar refractivity (Wildman–Crippen MR) is 72.8 cm³/mol. The number of halogens is 2. The monoisotopic (exact) mass is 282 g/mol. The lowest BCUT2D eigenvalue weighted by molar-refractivity contribution is -0.131. The van der Waals surface area contributed by atoms with E-state index in [1.165, 1.54) is 11.0 Å². The van der Waals surface area contributed by atoms with Crippen LogP contribution in [0.3, 0.4) is 0 Å². The zero-order valence-corrected chi connectivity index (χ0v) is 11.7. The number of hydrogen-bond donors (Lipinski definition) is 1. The molecule has 0 heterocycles. The van der Waals surface area contributed by atoms with E-state index in [2.05, 4.69) is 0 Å². The Morgan fingerprint density at radius 2 is 1.95 bits per heavy atom. The van der Waals surface area contributed by atoms with Gasteiger partial charge in [0.15, 0.2) is 11.6 Å². The van der Waals surface area contributed by atoms with Gasteiger partial charge >= 0.3 is 0 Å². The molecule has 2 rings (SSSR count). The Kier molecular flexibility index (Phi) is 4.38. The highest BCUT2D eigenvalue weighted by molar-refractivity contribution is 5.77. The molecule has 0 aromatic heterocycles. The summed E-state index contributed by atoms with van der Waals surface area (Å²) in [6.45, 7) is 0.256. The lowest BCUT2D eigenvalue weighted by Crippen LogP contribution is -2.42. The highest BCUT2D eigenvalue weighted by Crippen LogP contribution is 2.30. The van der Waals surface area contributed by atoms with E-state index in [-0.39, 0.29) is 18.0 Å². The minimum Gasteiger partial charge on any atom is -0.341 e. The SMILES string of the molecule is CN(Cc1ccc(F)c(F)c1)C(=O)CC1(N)CCCC1. The molecular weight excluding hydrogens is 262 g/mol. The van der Waals surface area contributed by atoms with Gasteiger partial charge in [-0.3, -0.25) is 4.79 Å². The third kappa shape index (κ3) is 3.54. The van der Waals surface area contributed by atoms with Gasteiger partial charge < -0.3 is 10.6 Å². The Hall–Kier alpha value is -1.49. The fraction of sp³-hybridized carbons (Fsp3) is 0.533. The first-order chi connectivity index (χ1) is 9.39. The van der Waals surface area contributed by atoms with E-state index in [1.807, 2.05) is 0 Å². The van der Waals surface area contributed by atoms with Crippen LogP contribution in [0.2, 0.25) is 0 Å². The van der Waals surface area contributed by atoms with Crippen molar-refractivity contribution in [2.45, 2.75) is 44.2 Å². The highest BCUT2D eigenvalue weighted by atomic mass is 19.2. The van der Waals surface area contributed by atoms with Gasteiger partial charge in [-0.15, -0.1) is 0 Å². The van der Waals surface area contributed by atoms with E-state index in [4.69, 9.17) is 5.73 Å². The third-order valence-electron chi connectivity index (χ3n) is 3.93. The van der Waals surface area contributed by atoms with Crippen molar-refractivity contribution in [2.24, 2.45) is 5.73 Å². The maximum atomic E-state index is 13.1. The average Bonchev–Trinajstić information content (AvgIpc) is 2.80. The van der Waals surface area contributed by atoms with Crippen molar-refractivity contribution in [3.8, 4) is 0 Å². The van der Waals surface area contributed by atoms with Crippen LogP contribution in [0.15, 0.2) is 18.2 Å². The van der Waals surface area contributed by atoms with Crippen molar-refractivity contribution in [3.05, 3.63) is 35.4 Å². The lowest BCUT2D eigenvalue weighted by atomic mass is 9.94. The van der Waals surface area contributed by atoms with Gasteiger partial charge in [0.2, 0.25) is 5.91 Å². The quantitative estimate of drug-likeness (QED) is 0.922. The zero-order valence-electron chi connectivity index (χ0n) is 11.7. The maximum absolute atomic E-state index is 13.1. The molecule has 1 saturated carbocycles. The number of carbonyl (C=O) groups is 1. The highest BCUT2D eigenvalue weighted by Gasteiger charge is 2.32. The van der Waals surface area contributed by atoms with Crippen LogP contribution in [-0.4, -0.2) is 23.4 Å². The summed E-state index contributed by atoms with van der Waals surface area (Å²) < 4.78 is 26.0. The molecule has 1 aliphatic carbocycles. The second-order valence-electron chi connectivity index (χ2n) is 5.74. The second kappa shape index (κ2) is 5.87. The van der Waals surface area contributed by atoms with Crippen LogP contribution in [0.25, 0.3) is 0 Å². The van der Waals surface area contributed by atoms with Gasteiger partial charge in [-0.1, -0.05) is 18.9 Å². The smallest absolute Gasteiger partial charge is 0.224 e. The molecule has 20 heavy (non-hydrogen) atoms. The average molecular weight is 282 g/mol. The van der Waals surface area contributed by atoms with Crippen LogP contribution in [0.1, 0.15) is 37.7 Å². The molecule has 2 N–H and O–H groups in total. The van der Waals surface area contributed by atoms with Gasteiger partial charge in [-0.2, -0.15) is 0 Å². The van der Waals surface area contributed by atoms with Gasteiger partial charge in [-0.25, -0.2) is 8.78 Å². The van der Waals surface area contributed by atoms with Crippen molar-refractivity contribution >= 4 is 5.91 Å². The summed E-state index contributed by atoms with van der Waals surface area (Å²) in [5.74, 6) is -1.83. The Bertz CT molecular complexity index is 499. The molecule has 1 aromatic rings. The van der Waals surface area contributed by atoms with Crippen LogP contribution >= 0.6 is 0 Å². The van der Waals surface area contributed by atoms with Gasteiger partial charge in [0.05, 0.1) is 0 Å². The molecule has 0 aliphatic heterocycles. The number of nitrogens with zero attached hydrogens (tertiary/aromatic N) is 1. The number of amides is 1.